The lowest BCUT2D eigenvalue weighted by atomic mass is 10.1. The van der Waals surface area contributed by atoms with Gasteiger partial charge in [0.1, 0.15) is 0 Å². The Kier molecular flexibility index (Phi) is 4.76. The van der Waals surface area contributed by atoms with Gasteiger partial charge in [0.05, 0.1) is 12.2 Å². The molecule has 0 aliphatic rings. The SMILES string of the molecule is CCCNC(N)=NCc1cn(C)nc1-c1ccccc1. The first-order valence-corrected chi connectivity index (χ1v) is 6.82. The summed E-state index contributed by atoms with van der Waals surface area (Å²) in [5.74, 6) is 0.481. The lowest BCUT2D eigenvalue weighted by Crippen LogP contribution is -2.32. The van der Waals surface area contributed by atoms with Gasteiger partial charge in [0, 0.05) is 30.9 Å². The van der Waals surface area contributed by atoms with Crippen LogP contribution in [-0.2, 0) is 13.6 Å². The summed E-state index contributed by atoms with van der Waals surface area (Å²) >= 11 is 0. The Balaban J connectivity index is 2.17. The van der Waals surface area contributed by atoms with Crippen LogP contribution in [0.3, 0.4) is 0 Å². The Bertz CT molecular complexity index is 571. The molecule has 0 spiro atoms. The number of benzene rings is 1. The molecule has 106 valence electrons. The molecule has 0 saturated carbocycles. The normalized spacial score (nSPS) is 11.6. The highest BCUT2D eigenvalue weighted by Crippen LogP contribution is 2.21. The van der Waals surface area contributed by atoms with Crippen molar-refractivity contribution in [1.29, 1.82) is 0 Å². The maximum Gasteiger partial charge on any atom is 0.188 e. The average Bonchev–Trinajstić information content (AvgIpc) is 2.85. The van der Waals surface area contributed by atoms with Gasteiger partial charge in [-0.3, -0.25) is 4.68 Å². The Labute approximate surface area is 119 Å². The molecule has 0 aliphatic carbocycles. The molecule has 0 unspecified atom stereocenters. The summed E-state index contributed by atoms with van der Waals surface area (Å²) in [4.78, 5) is 4.36. The van der Waals surface area contributed by atoms with E-state index < -0.39 is 0 Å². The third kappa shape index (κ3) is 3.60. The van der Waals surface area contributed by atoms with E-state index in [0.717, 1.165) is 29.8 Å². The van der Waals surface area contributed by atoms with Gasteiger partial charge in [0.25, 0.3) is 0 Å². The monoisotopic (exact) mass is 271 g/mol. The smallest absolute Gasteiger partial charge is 0.188 e. The van der Waals surface area contributed by atoms with Crippen LogP contribution in [0.25, 0.3) is 11.3 Å². The number of guanidine groups is 1. The molecule has 0 bridgehead atoms. The predicted molar refractivity (Wildman–Crippen MR) is 82.3 cm³/mol. The molecule has 0 radical (unpaired) electrons. The van der Waals surface area contributed by atoms with Gasteiger partial charge in [0.2, 0.25) is 0 Å². The summed E-state index contributed by atoms with van der Waals surface area (Å²) < 4.78 is 1.81. The van der Waals surface area contributed by atoms with Gasteiger partial charge >= 0.3 is 0 Å². The van der Waals surface area contributed by atoms with Crippen LogP contribution in [0.5, 0.6) is 0 Å². The zero-order chi connectivity index (χ0) is 14.4. The fraction of sp³-hybridized carbons (Fsp3) is 0.333. The number of nitrogens with one attached hydrogen (secondary N) is 1. The molecule has 0 aliphatic heterocycles. The highest BCUT2D eigenvalue weighted by Gasteiger charge is 2.09. The first kappa shape index (κ1) is 14.1. The number of hydrogen-bond donors (Lipinski definition) is 2. The van der Waals surface area contributed by atoms with Gasteiger partial charge < -0.3 is 11.1 Å². The topological polar surface area (TPSA) is 68.2 Å². The molecule has 3 N–H and O–H groups in total. The van der Waals surface area contributed by atoms with E-state index in [-0.39, 0.29) is 0 Å². The van der Waals surface area contributed by atoms with E-state index in [1.807, 2.05) is 48.3 Å². The van der Waals surface area contributed by atoms with Crippen molar-refractivity contribution in [3.63, 3.8) is 0 Å². The van der Waals surface area contributed by atoms with Gasteiger partial charge in [-0.2, -0.15) is 5.10 Å². The number of aromatic nitrogens is 2. The molecular formula is C15H21N5. The fourth-order valence-corrected chi connectivity index (χ4v) is 1.97. The van der Waals surface area contributed by atoms with Crippen LogP contribution in [-0.4, -0.2) is 22.3 Å². The largest absolute Gasteiger partial charge is 0.370 e. The number of aliphatic imine (C=N–C) groups is 1. The summed E-state index contributed by atoms with van der Waals surface area (Å²) in [7, 11) is 1.92. The Morgan fingerprint density at radius 3 is 2.80 bits per heavy atom. The molecule has 1 aromatic heterocycles. The Morgan fingerprint density at radius 1 is 1.35 bits per heavy atom. The number of nitrogens with two attached hydrogens (primary N) is 1. The molecule has 1 aromatic carbocycles. The fourth-order valence-electron chi connectivity index (χ4n) is 1.97. The number of aryl methyl sites for hydroxylation is 1. The van der Waals surface area contributed by atoms with Crippen molar-refractivity contribution in [2.75, 3.05) is 6.54 Å². The molecule has 1 heterocycles. The van der Waals surface area contributed by atoms with Crippen molar-refractivity contribution in [2.24, 2.45) is 17.8 Å². The minimum Gasteiger partial charge on any atom is -0.370 e. The Morgan fingerprint density at radius 2 is 2.10 bits per heavy atom. The molecule has 5 heteroatoms. The van der Waals surface area contributed by atoms with Gasteiger partial charge in [0.15, 0.2) is 5.96 Å². The zero-order valence-electron chi connectivity index (χ0n) is 12.0. The standard InChI is InChI=1S/C15H21N5/c1-3-9-17-15(16)18-10-13-11-20(2)19-14(13)12-7-5-4-6-8-12/h4-8,11H,3,9-10H2,1-2H3,(H3,16,17,18). The van der Waals surface area contributed by atoms with Crippen molar-refractivity contribution >= 4 is 5.96 Å². The van der Waals surface area contributed by atoms with Gasteiger partial charge in [-0.25, -0.2) is 4.99 Å². The first-order valence-electron chi connectivity index (χ1n) is 6.82. The van der Waals surface area contributed by atoms with Crippen LogP contribution in [0.1, 0.15) is 18.9 Å². The van der Waals surface area contributed by atoms with E-state index in [1.165, 1.54) is 0 Å². The second-order valence-corrected chi connectivity index (χ2v) is 4.67. The number of rotatable bonds is 5. The van der Waals surface area contributed by atoms with E-state index >= 15 is 0 Å². The van der Waals surface area contributed by atoms with E-state index in [1.54, 1.807) is 0 Å². The van der Waals surface area contributed by atoms with Gasteiger partial charge in [-0.1, -0.05) is 37.3 Å². The minimum atomic E-state index is 0.481. The van der Waals surface area contributed by atoms with Crippen molar-refractivity contribution in [3.05, 3.63) is 42.1 Å². The second kappa shape index (κ2) is 6.75. The van der Waals surface area contributed by atoms with Crippen molar-refractivity contribution in [2.45, 2.75) is 19.9 Å². The van der Waals surface area contributed by atoms with Gasteiger partial charge in [-0.15, -0.1) is 0 Å². The van der Waals surface area contributed by atoms with Crippen LogP contribution in [0.2, 0.25) is 0 Å². The van der Waals surface area contributed by atoms with Gasteiger partial charge in [-0.05, 0) is 6.42 Å². The molecular weight excluding hydrogens is 250 g/mol. The lowest BCUT2D eigenvalue weighted by Gasteiger charge is -2.03. The van der Waals surface area contributed by atoms with Crippen LogP contribution in [0.4, 0.5) is 0 Å². The highest BCUT2D eigenvalue weighted by atomic mass is 15.3. The number of hydrogen-bond acceptors (Lipinski definition) is 2. The maximum atomic E-state index is 5.81. The van der Waals surface area contributed by atoms with Crippen molar-refractivity contribution in [3.8, 4) is 11.3 Å². The number of nitrogens with zero attached hydrogens (tertiary/aromatic N) is 3. The highest BCUT2D eigenvalue weighted by molar-refractivity contribution is 5.78. The predicted octanol–water partition coefficient (Wildman–Crippen LogP) is 1.90. The molecule has 0 saturated heterocycles. The summed E-state index contributed by atoms with van der Waals surface area (Å²) in [6.07, 6.45) is 3.01. The summed E-state index contributed by atoms with van der Waals surface area (Å²) in [6.45, 7) is 3.46. The molecule has 5 nitrogen and oxygen atoms in total. The molecule has 2 rings (SSSR count). The zero-order valence-corrected chi connectivity index (χ0v) is 12.0. The summed E-state index contributed by atoms with van der Waals surface area (Å²) in [5.41, 5.74) is 8.94. The minimum absolute atomic E-state index is 0.481. The van der Waals surface area contributed by atoms with E-state index in [4.69, 9.17) is 5.73 Å². The first-order chi connectivity index (χ1) is 9.70. The average molecular weight is 271 g/mol. The van der Waals surface area contributed by atoms with Crippen LogP contribution >= 0.6 is 0 Å². The molecule has 20 heavy (non-hydrogen) atoms. The molecule has 0 amide bonds. The van der Waals surface area contributed by atoms with E-state index in [9.17, 15) is 0 Å². The lowest BCUT2D eigenvalue weighted by molar-refractivity contribution is 0.769. The van der Waals surface area contributed by atoms with Crippen molar-refractivity contribution < 1.29 is 0 Å². The van der Waals surface area contributed by atoms with E-state index in [2.05, 4.69) is 22.3 Å². The van der Waals surface area contributed by atoms with Crippen molar-refractivity contribution in [1.82, 2.24) is 15.1 Å². The summed E-state index contributed by atoms with van der Waals surface area (Å²) in [6, 6.07) is 10.1. The molecule has 0 atom stereocenters. The molecule has 2 aromatic rings. The third-order valence-corrected chi connectivity index (χ3v) is 2.93. The van der Waals surface area contributed by atoms with Crippen LogP contribution in [0.15, 0.2) is 41.5 Å². The quantitative estimate of drug-likeness (QED) is 0.644. The Hall–Kier alpha value is -2.30. The van der Waals surface area contributed by atoms with Crippen LogP contribution in [0, 0.1) is 0 Å². The second-order valence-electron chi connectivity index (χ2n) is 4.67. The summed E-state index contributed by atoms with van der Waals surface area (Å²) in [5, 5.41) is 7.58. The van der Waals surface area contributed by atoms with E-state index in [0.29, 0.717) is 12.5 Å². The third-order valence-electron chi connectivity index (χ3n) is 2.93. The molecule has 0 fully saturated rings. The van der Waals surface area contributed by atoms with Crippen LogP contribution < -0.4 is 11.1 Å². The maximum absolute atomic E-state index is 5.81.